The SMILES string of the molecule is Cc1ccc(C(N)CC(C)CC(C)(C)C)s1. The third-order valence-corrected chi connectivity index (χ3v) is 3.88. The summed E-state index contributed by atoms with van der Waals surface area (Å²) in [5.74, 6) is 0.692. The lowest BCUT2D eigenvalue weighted by Gasteiger charge is -2.24. The minimum absolute atomic E-state index is 0.219. The molecule has 0 saturated heterocycles. The van der Waals surface area contributed by atoms with Crippen LogP contribution in [0.1, 0.15) is 56.3 Å². The van der Waals surface area contributed by atoms with Crippen molar-refractivity contribution in [2.45, 2.75) is 53.5 Å². The topological polar surface area (TPSA) is 26.0 Å². The highest BCUT2D eigenvalue weighted by molar-refractivity contribution is 7.12. The number of hydrogen-bond acceptors (Lipinski definition) is 2. The van der Waals surface area contributed by atoms with Gasteiger partial charge in [-0.05, 0) is 43.2 Å². The zero-order valence-corrected chi connectivity index (χ0v) is 12.0. The normalized spacial score (nSPS) is 16.1. The van der Waals surface area contributed by atoms with Gasteiger partial charge in [0, 0.05) is 15.8 Å². The number of rotatable bonds is 4. The van der Waals surface area contributed by atoms with Crippen LogP contribution in [0.15, 0.2) is 12.1 Å². The second-order valence-electron chi connectivity index (χ2n) is 6.16. The van der Waals surface area contributed by atoms with Crippen LogP contribution in [-0.4, -0.2) is 0 Å². The highest BCUT2D eigenvalue weighted by atomic mass is 32.1. The zero-order chi connectivity index (χ0) is 12.3. The van der Waals surface area contributed by atoms with Gasteiger partial charge in [0.05, 0.1) is 0 Å². The summed E-state index contributed by atoms with van der Waals surface area (Å²) in [5, 5.41) is 0. The zero-order valence-electron chi connectivity index (χ0n) is 11.2. The molecule has 0 aliphatic rings. The first-order valence-corrected chi connectivity index (χ1v) is 6.91. The Hall–Kier alpha value is -0.340. The maximum absolute atomic E-state index is 6.24. The van der Waals surface area contributed by atoms with E-state index in [1.165, 1.54) is 16.2 Å². The average Bonchev–Trinajstić information content (AvgIpc) is 2.47. The maximum atomic E-state index is 6.24. The lowest BCUT2D eigenvalue weighted by molar-refractivity contribution is 0.287. The molecule has 0 fully saturated rings. The first-order chi connectivity index (χ1) is 7.28. The second-order valence-corrected chi connectivity index (χ2v) is 7.48. The number of nitrogens with two attached hydrogens (primary N) is 1. The molecule has 1 heterocycles. The van der Waals surface area contributed by atoms with Crippen molar-refractivity contribution in [3.05, 3.63) is 21.9 Å². The van der Waals surface area contributed by atoms with E-state index in [4.69, 9.17) is 5.73 Å². The summed E-state index contributed by atoms with van der Waals surface area (Å²) in [5.41, 5.74) is 6.65. The Balaban J connectivity index is 2.48. The summed E-state index contributed by atoms with van der Waals surface area (Å²) in [4.78, 5) is 2.69. The minimum atomic E-state index is 0.219. The summed E-state index contributed by atoms with van der Waals surface area (Å²) in [7, 11) is 0. The molecule has 0 spiro atoms. The molecule has 2 unspecified atom stereocenters. The van der Waals surface area contributed by atoms with E-state index in [-0.39, 0.29) is 6.04 Å². The summed E-state index contributed by atoms with van der Waals surface area (Å²) >= 11 is 1.83. The summed E-state index contributed by atoms with van der Waals surface area (Å²) in [6.45, 7) is 11.3. The predicted octanol–water partition coefficient (Wildman–Crippen LogP) is 4.52. The van der Waals surface area contributed by atoms with E-state index < -0.39 is 0 Å². The fourth-order valence-electron chi connectivity index (χ4n) is 2.33. The summed E-state index contributed by atoms with van der Waals surface area (Å²) in [6.07, 6.45) is 2.34. The first-order valence-electron chi connectivity index (χ1n) is 6.10. The molecular weight excluding hydrogens is 214 g/mol. The molecule has 0 saturated carbocycles. The predicted molar refractivity (Wildman–Crippen MR) is 73.8 cm³/mol. The van der Waals surface area contributed by atoms with E-state index in [9.17, 15) is 0 Å². The third-order valence-electron chi connectivity index (χ3n) is 2.74. The van der Waals surface area contributed by atoms with Gasteiger partial charge in [0.2, 0.25) is 0 Å². The van der Waals surface area contributed by atoms with Crippen LogP contribution in [0.3, 0.4) is 0 Å². The molecule has 0 bridgehead atoms. The van der Waals surface area contributed by atoms with Crippen molar-refractivity contribution in [1.29, 1.82) is 0 Å². The Kier molecular flexibility index (Phi) is 4.57. The van der Waals surface area contributed by atoms with E-state index in [2.05, 4.69) is 46.8 Å². The fraction of sp³-hybridized carbons (Fsp3) is 0.714. The molecule has 1 aromatic heterocycles. The summed E-state index contributed by atoms with van der Waals surface area (Å²) in [6, 6.07) is 4.55. The molecule has 2 atom stereocenters. The van der Waals surface area contributed by atoms with Crippen LogP contribution < -0.4 is 5.73 Å². The molecule has 0 aliphatic heterocycles. The van der Waals surface area contributed by atoms with E-state index in [0.29, 0.717) is 11.3 Å². The van der Waals surface area contributed by atoms with Gasteiger partial charge in [-0.2, -0.15) is 0 Å². The molecule has 2 heteroatoms. The first kappa shape index (κ1) is 13.7. The maximum Gasteiger partial charge on any atom is 0.0392 e. The van der Waals surface area contributed by atoms with E-state index >= 15 is 0 Å². The van der Waals surface area contributed by atoms with E-state index in [1.54, 1.807) is 0 Å². The van der Waals surface area contributed by atoms with Gasteiger partial charge in [0.15, 0.2) is 0 Å². The van der Waals surface area contributed by atoms with Crippen molar-refractivity contribution in [1.82, 2.24) is 0 Å². The molecule has 1 aromatic rings. The molecular formula is C14H25NS. The standard InChI is InChI=1S/C14H25NS/c1-10(9-14(3,4)5)8-12(15)13-7-6-11(2)16-13/h6-7,10,12H,8-9,15H2,1-5H3. The number of thiophene rings is 1. The molecule has 0 radical (unpaired) electrons. The largest absolute Gasteiger partial charge is 0.323 e. The van der Waals surface area contributed by atoms with E-state index in [0.717, 1.165) is 6.42 Å². The van der Waals surface area contributed by atoms with Crippen molar-refractivity contribution >= 4 is 11.3 Å². The van der Waals surface area contributed by atoms with Crippen molar-refractivity contribution in [2.24, 2.45) is 17.1 Å². The highest BCUT2D eigenvalue weighted by Crippen LogP contribution is 2.31. The minimum Gasteiger partial charge on any atom is -0.323 e. The van der Waals surface area contributed by atoms with Gasteiger partial charge in [0.25, 0.3) is 0 Å². The third kappa shape index (κ3) is 4.67. The summed E-state index contributed by atoms with van der Waals surface area (Å²) < 4.78 is 0. The van der Waals surface area contributed by atoms with Gasteiger partial charge in [-0.3, -0.25) is 0 Å². The van der Waals surface area contributed by atoms with Gasteiger partial charge in [-0.1, -0.05) is 27.7 Å². The Morgan fingerprint density at radius 2 is 1.94 bits per heavy atom. The van der Waals surface area contributed by atoms with Crippen LogP contribution in [0.25, 0.3) is 0 Å². The molecule has 0 aliphatic carbocycles. The van der Waals surface area contributed by atoms with Crippen molar-refractivity contribution in [3.63, 3.8) is 0 Å². The van der Waals surface area contributed by atoms with Gasteiger partial charge in [0.1, 0.15) is 0 Å². The Labute approximate surface area is 104 Å². The second kappa shape index (κ2) is 5.33. The van der Waals surface area contributed by atoms with Crippen LogP contribution >= 0.6 is 11.3 Å². The molecule has 0 aromatic carbocycles. The van der Waals surface area contributed by atoms with Crippen LogP contribution in [-0.2, 0) is 0 Å². The van der Waals surface area contributed by atoms with Gasteiger partial charge < -0.3 is 5.73 Å². The van der Waals surface area contributed by atoms with E-state index in [1.807, 2.05) is 11.3 Å². The molecule has 2 N–H and O–H groups in total. The van der Waals surface area contributed by atoms with Gasteiger partial charge in [-0.15, -0.1) is 11.3 Å². The molecule has 1 nitrogen and oxygen atoms in total. The quantitative estimate of drug-likeness (QED) is 0.821. The van der Waals surface area contributed by atoms with Crippen molar-refractivity contribution in [3.8, 4) is 0 Å². The Morgan fingerprint density at radius 3 is 2.38 bits per heavy atom. The number of aryl methyl sites for hydroxylation is 1. The lowest BCUT2D eigenvalue weighted by Crippen LogP contribution is -2.17. The van der Waals surface area contributed by atoms with Crippen molar-refractivity contribution < 1.29 is 0 Å². The monoisotopic (exact) mass is 239 g/mol. The van der Waals surface area contributed by atoms with Crippen LogP contribution in [0.4, 0.5) is 0 Å². The Morgan fingerprint density at radius 1 is 1.31 bits per heavy atom. The fourth-order valence-corrected chi connectivity index (χ4v) is 3.22. The van der Waals surface area contributed by atoms with Crippen LogP contribution in [0.5, 0.6) is 0 Å². The average molecular weight is 239 g/mol. The number of hydrogen-bond donors (Lipinski definition) is 1. The molecule has 0 amide bonds. The van der Waals surface area contributed by atoms with Crippen LogP contribution in [0, 0.1) is 18.3 Å². The van der Waals surface area contributed by atoms with Crippen molar-refractivity contribution in [2.75, 3.05) is 0 Å². The van der Waals surface area contributed by atoms with Gasteiger partial charge in [-0.25, -0.2) is 0 Å². The highest BCUT2D eigenvalue weighted by Gasteiger charge is 2.18. The van der Waals surface area contributed by atoms with Gasteiger partial charge >= 0.3 is 0 Å². The Bertz CT molecular complexity index is 322. The molecule has 16 heavy (non-hydrogen) atoms. The lowest BCUT2D eigenvalue weighted by atomic mass is 9.83. The van der Waals surface area contributed by atoms with Crippen LogP contribution in [0.2, 0.25) is 0 Å². The molecule has 92 valence electrons. The smallest absolute Gasteiger partial charge is 0.0392 e. The molecule has 1 rings (SSSR count).